The predicted octanol–water partition coefficient (Wildman–Crippen LogP) is -1.10. The van der Waals surface area contributed by atoms with Gasteiger partial charge in [-0.3, -0.25) is 15.6 Å². The molecule has 1 aliphatic rings. The summed E-state index contributed by atoms with van der Waals surface area (Å²) in [5, 5.41) is 8.50. The number of rotatable bonds is 4. The maximum atomic E-state index is 10.3. The van der Waals surface area contributed by atoms with Crippen LogP contribution in [0.25, 0.3) is 0 Å². The van der Waals surface area contributed by atoms with Gasteiger partial charge < -0.3 is 10.8 Å². The fraction of sp³-hybridized carbons (Fsp3) is 0.857. The topological polar surface area (TPSA) is 87.4 Å². The van der Waals surface area contributed by atoms with E-state index in [9.17, 15) is 4.79 Å². The maximum Gasteiger partial charge on any atom is 0.320 e. The Morgan fingerprint density at radius 3 is 2.67 bits per heavy atom. The van der Waals surface area contributed by atoms with Gasteiger partial charge >= 0.3 is 5.97 Å². The van der Waals surface area contributed by atoms with Crippen molar-refractivity contribution in [3.63, 3.8) is 0 Å². The predicted molar refractivity (Wildman–Crippen MR) is 44.3 cm³/mol. The lowest BCUT2D eigenvalue weighted by Crippen LogP contribution is -2.30. The molecule has 0 saturated carbocycles. The number of hydrogen-bond donors (Lipinski definition) is 4. The third kappa shape index (κ3) is 2.77. The fourth-order valence-corrected chi connectivity index (χ4v) is 1.25. The van der Waals surface area contributed by atoms with Crippen LogP contribution >= 0.6 is 0 Å². The molecule has 1 atom stereocenters. The Balaban J connectivity index is 2.11. The molecule has 0 aliphatic carbocycles. The highest BCUT2D eigenvalue weighted by Gasteiger charge is 2.17. The number of carbonyl (C=O) groups is 1. The number of nitrogens with one attached hydrogen (secondary N) is 2. The van der Waals surface area contributed by atoms with Gasteiger partial charge in [-0.2, -0.15) is 0 Å². The monoisotopic (exact) mass is 173 g/mol. The fourth-order valence-electron chi connectivity index (χ4n) is 1.25. The Morgan fingerprint density at radius 1 is 1.58 bits per heavy atom. The van der Waals surface area contributed by atoms with E-state index >= 15 is 0 Å². The zero-order valence-electron chi connectivity index (χ0n) is 6.92. The average molecular weight is 173 g/mol. The van der Waals surface area contributed by atoms with Crippen LogP contribution in [-0.2, 0) is 4.79 Å². The first kappa shape index (κ1) is 9.44. The van der Waals surface area contributed by atoms with Crippen LogP contribution in [0.4, 0.5) is 0 Å². The molecular formula is C7H15N3O2. The molecule has 5 nitrogen and oxygen atoms in total. The van der Waals surface area contributed by atoms with E-state index < -0.39 is 12.0 Å². The number of carboxylic acid groups (broad SMARTS) is 1. The largest absolute Gasteiger partial charge is 0.480 e. The van der Waals surface area contributed by atoms with E-state index in [1.807, 2.05) is 0 Å². The van der Waals surface area contributed by atoms with E-state index in [-0.39, 0.29) is 0 Å². The molecule has 0 aromatic heterocycles. The normalized spacial score (nSPS) is 21.1. The van der Waals surface area contributed by atoms with Crippen LogP contribution in [0.5, 0.6) is 0 Å². The molecule has 0 radical (unpaired) electrons. The molecule has 1 fully saturated rings. The van der Waals surface area contributed by atoms with Crippen molar-refractivity contribution in [1.29, 1.82) is 0 Å². The van der Waals surface area contributed by atoms with Gasteiger partial charge in [-0.15, -0.1) is 0 Å². The smallest absolute Gasteiger partial charge is 0.320 e. The zero-order valence-corrected chi connectivity index (χ0v) is 6.92. The van der Waals surface area contributed by atoms with E-state index in [1.54, 1.807) is 0 Å². The molecule has 5 heteroatoms. The maximum absolute atomic E-state index is 10.3. The number of aliphatic carboxylic acids is 1. The van der Waals surface area contributed by atoms with Gasteiger partial charge in [0.2, 0.25) is 0 Å². The molecule has 1 aliphatic heterocycles. The molecule has 5 N–H and O–H groups in total. The van der Waals surface area contributed by atoms with Gasteiger partial charge in [0.25, 0.3) is 0 Å². The summed E-state index contributed by atoms with van der Waals surface area (Å²) in [6, 6.07) is -0.703. The summed E-state index contributed by atoms with van der Waals surface area (Å²) in [5.41, 5.74) is 11.3. The third-order valence-electron chi connectivity index (χ3n) is 2.11. The van der Waals surface area contributed by atoms with Gasteiger partial charge in [-0.05, 0) is 18.8 Å². The minimum Gasteiger partial charge on any atom is -0.480 e. The minimum atomic E-state index is -0.908. The van der Waals surface area contributed by atoms with Gasteiger partial charge in [-0.25, -0.2) is 0 Å². The number of hydrazine groups is 1. The van der Waals surface area contributed by atoms with Gasteiger partial charge in [-0.1, -0.05) is 0 Å². The van der Waals surface area contributed by atoms with Gasteiger partial charge in [0.15, 0.2) is 0 Å². The Kier molecular flexibility index (Phi) is 3.46. The molecule has 1 saturated heterocycles. The van der Waals surface area contributed by atoms with Crippen LogP contribution in [0.1, 0.15) is 12.8 Å². The third-order valence-corrected chi connectivity index (χ3v) is 2.11. The molecule has 12 heavy (non-hydrogen) atoms. The quantitative estimate of drug-likeness (QED) is 0.433. The van der Waals surface area contributed by atoms with Crippen molar-refractivity contribution in [2.45, 2.75) is 18.9 Å². The summed E-state index contributed by atoms with van der Waals surface area (Å²) in [4.78, 5) is 10.3. The van der Waals surface area contributed by atoms with E-state index in [0.29, 0.717) is 12.3 Å². The zero-order chi connectivity index (χ0) is 8.97. The Hall–Kier alpha value is -0.650. The van der Waals surface area contributed by atoms with Gasteiger partial charge in [0, 0.05) is 13.1 Å². The molecule has 0 spiro atoms. The standard InChI is InChI=1S/C7H15N3O2/c8-6(7(11)12)2-1-5-3-9-10-4-5/h5-6,9-10H,1-4,8H2,(H,11,12). The summed E-state index contributed by atoms with van der Waals surface area (Å²) < 4.78 is 0. The summed E-state index contributed by atoms with van der Waals surface area (Å²) >= 11 is 0. The highest BCUT2D eigenvalue weighted by atomic mass is 16.4. The molecule has 0 aromatic carbocycles. The van der Waals surface area contributed by atoms with Gasteiger partial charge in [0.1, 0.15) is 6.04 Å². The SMILES string of the molecule is NC(CCC1CNNC1)C(=O)O. The van der Waals surface area contributed by atoms with Crippen LogP contribution in [0.15, 0.2) is 0 Å². The molecule has 70 valence electrons. The van der Waals surface area contributed by atoms with Crippen LogP contribution in [0, 0.1) is 5.92 Å². The Bertz CT molecular complexity index is 157. The highest BCUT2D eigenvalue weighted by molar-refractivity contribution is 5.72. The first-order valence-electron chi connectivity index (χ1n) is 4.14. The second-order valence-corrected chi connectivity index (χ2v) is 3.15. The lowest BCUT2D eigenvalue weighted by molar-refractivity contribution is -0.138. The first-order valence-corrected chi connectivity index (χ1v) is 4.14. The van der Waals surface area contributed by atoms with Crippen LogP contribution in [-0.4, -0.2) is 30.2 Å². The van der Waals surface area contributed by atoms with E-state index in [4.69, 9.17) is 10.8 Å². The first-order chi connectivity index (χ1) is 5.70. The van der Waals surface area contributed by atoms with Crippen molar-refractivity contribution in [3.05, 3.63) is 0 Å². The van der Waals surface area contributed by atoms with E-state index in [1.165, 1.54) is 0 Å². The number of nitrogens with two attached hydrogens (primary N) is 1. The molecule has 0 amide bonds. The molecule has 1 rings (SSSR count). The van der Waals surface area contributed by atoms with Crippen molar-refractivity contribution in [1.82, 2.24) is 10.9 Å². The number of hydrogen-bond acceptors (Lipinski definition) is 4. The summed E-state index contributed by atoms with van der Waals surface area (Å²) in [5.74, 6) is -0.385. The molecule has 1 unspecified atom stereocenters. The van der Waals surface area contributed by atoms with Crippen LogP contribution < -0.4 is 16.6 Å². The van der Waals surface area contributed by atoms with Crippen molar-refractivity contribution >= 4 is 5.97 Å². The Morgan fingerprint density at radius 2 is 2.17 bits per heavy atom. The number of carboxylic acids is 1. The molecule has 0 bridgehead atoms. The second kappa shape index (κ2) is 4.39. The minimum absolute atomic E-state index is 0.524. The average Bonchev–Trinajstić information content (AvgIpc) is 2.51. The van der Waals surface area contributed by atoms with E-state index in [2.05, 4.69) is 10.9 Å². The summed E-state index contributed by atoms with van der Waals surface area (Å²) in [6.07, 6.45) is 1.43. The van der Waals surface area contributed by atoms with Crippen molar-refractivity contribution in [2.24, 2.45) is 11.7 Å². The molecular weight excluding hydrogens is 158 g/mol. The highest BCUT2D eigenvalue weighted by Crippen LogP contribution is 2.08. The molecule has 1 heterocycles. The summed E-state index contributed by atoms with van der Waals surface area (Å²) in [6.45, 7) is 1.82. The van der Waals surface area contributed by atoms with Crippen molar-refractivity contribution in [3.8, 4) is 0 Å². The Labute approximate surface area is 71.3 Å². The van der Waals surface area contributed by atoms with Crippen molar-refractivity contribution in [2.75, 3.05) is 13.1 Å². The second-order valence-electron chi connectivity index (χ2n) is 3.15. The van der Waals surface area contributed by atoms with Gasteiger partial charge in [0.05, 0.1) is 0 Å². The lowest BCUT2D eigenvalue weighted by atomic mass is 10.0. The van der Waals surface area contributed by atoms with Crippen LogP contribution in [0.3, 0.4) is 0 Å². The van der Waals surface area contributed by atoms with E-state index in [0.717, 1.165) is 19.5 Å². The van der Waals surface area contributed by atoms with Crippen molar-refractivity contribution < 1.29 is 9.90 Å². The lowest BCUT2D eigenvalue weighted by Gasteiger charge is -2.09. The summed E-state index contributed by atoms with van der Waals surface area (Å²) in [7, 11) is 0. The molecule has 0 aromatic rings. The van der Waals surface area contributed by atoms with Crippen LogP contribution in [0.2, 0.25) is 0 Å².